The summed E-state index contributed by atoms with van der Waals surface area (Å²) >= 11 is 9.39. The number of halogens is 1. The maximum absolute atomic E-state index is 13.1. The molecule has 0 saturated heterocycles. The van der Waals surface area contributed by atoms with Crippen molar-refractivity contribution >= 4 is 61.2 Å². The Morgan fingerprint density at radius 3 is 2.79 bits per heavy atom. The number of fused-ring (bicyclic) bond motifs is 2. The monoisotopic (exact) mass is 444 g/mol. The first-order chi connectivity index (χ1) is 14.0. The Morgan fingerprint density at radius 1 is 1.21 bits per heavy atom. The number of hydrogen-bond acceptors (Lipinski definition) is 4. The van der Waals surface area contributed by atoms with E-state index in [0.29, 0.717) is 27.0 Å². The first kappa shape index (κ1) is 20.1. The topological polar surface area (TPSA) is 58.2 Å². The lowest BCUT2D eigenvalue weighted by atomic mass is 9.95. The zero-order valence-corrected chi connectivity index (χ0v) is 18.5. The van der Waals surface area contributed by atoms with Gasteiger partial charge in [-0.2, -0.15) is 0 Å². The SMILES string of the molecule is C=CCNC(=O)c1c(NC(=O)c2sc3cc(C)ccc3c2Cl)sc2c1CCCC2. The fourth-order valence-corrected chi connectivity index (χ4v) is 6.42. The molecule has 0 atom stereocenters. The molecule has 1 aliphatic carbocycles. The molecule has 2 amide bonds. The summed E-state index contributed by atoms with van der Waals surface area (Å²) in [6.45, 7) is 6.05. The number of benzene rings is 1. The van der Waals surface area contributed by atoms with Crippen molar-refractivity contribution in [1.82, 2.24) is 5.32 Å². The molecule has 0 unspecified atom stereocenters. The van der Waals surface area contributed by atoms with Crippen LogP contribution < -0.4 is 10.6 Å². The number of anilines is 1. The van der Waals surface area contributed by atoms with Crippen LogP contribution in [0.25, 0.3) is 10.1 Å². The molecular formula is C22H21ClN2O2S2. The van der Waals surface area contributed by atoms with Crippen LogP contribution in [0.5, 0.6) is 0 Å². The molecule has 0 saturated carbocycles. The average Bonchev–Trinajstić information content (AvgIpc) is 3.23. The second kappa shape index (κ2) is 8.30. The Balaban J connectivity index is 1.69. The maximum atomic E-state index is 13.1. The number of thiophene rings is 2. The molecular weight excluding hydrogens is 424 g/mol. The highest BCUT2D eigenvalue weighted by atomic mass is 35.5. The Hall–Kier alpha value is -2.15. The molecule has 2 aromatic heterocycles. The van der Waals surface area contributed by atoms with Gasteiger partial charge in [-0.1, -0.05) is 29.8 Å². The molecule has 0 bridgehead atoms. The summed E-state index contributed by atoms with van der Waals surface area (Å²) in [5.41, 5.74) is 2.78. The van der Waals surface area contributed by atoms with E-state index in [0.717, 1.165) is 46.9 Å². The number of carbonyl (C=O) groups excluding carboxylic acids is 2. The van der Waals surface area contributed by atoms with Gasteiger partial charge in [0.1, 0.15) is 9.88 Å². The van der Waals surface area contributed by atoms with Crippen molar-refractivity contribution in [3.05, 3.63) is 62.3 Å². The van der Waals surface area contributed by atoms with Crippen molar-refractivity contribution in [3.8, 4) is 0 Å². The van der Waals surface area contributed by atoms with E-state index >= 15 is 0 Å². The minimum absolute atomic E-state index is 0.169. The molecule has 7 heteroatoms. The van der Waals surface area contributed by atoms with Crippen molar-refractivity contribution in [3.63, 3.8) is 0 Å². The molecule has 2 N–H and O–H groups in total. The van der Waals surface area contributed by atoms with E-state index in [1.165, 1.54) is 27.6 Å². The molecule has 1 aliphatic rings. The summed E-state index contributed by atoms with van der Waals surface area (Å²) in [5, 5.41) is 7.77. The number of nitrogens with one attached hydrogen (secondary N) is 2. The highest BCUT2D eigenvalue weighted by Crippen LogP contribution is 2.40. The normalized spacial score (nSPS) is 13.2. The van der Waals surface area contributed by atoms with Gasteiger partial charge in [0.25, 0.3) is 11.8 Å². The minimum Gasteiger partial charge on any atom is -0.348 e. The van der Waals surface area contributed by atoms with E-state index in [4.69, 9.17) is 11.6 Å². The standard InChI is InChI=1S/C22H21ClN2O2S2/c1-3-10-24-20(26)17-13-6-4-5-7-15(13)29-22(17)25-21(27)19-18(23)14-9-8-12(2)11-16(14)28-19/h3,8-9,11H,1,4-7,10H2,2H3,(H,24,26)(H,25,27). The third kappa shape index (κ3) is 3.84. The van der Waals surface area contributed by atoms with Crippen molar-refractivity contribution in [2.75, 3.05) is 11.9 Å². The Kier molecular flexibility index (Phi) is 5.76. The summed E-state index contributed by atoms with van der Waals surface area (Å²) < 4.78 is 0.981. The predicted octanol–water partition coefficient (Wildman–Crippen LogP) is 5.97. The van der Waals surface area contributed by atoms with Gasteiger partial charge in [-0.15, -0.1) is 29.3 Å². The van der Waals surface area contributed by atoms with Crippen molar-refractivity contribution in [2.45, 2.75) is 32.6 Å². The number of amides is 2. The van der Waals surface area contributed by atoms with Gasteiger partial charge in [0, 0.05) is 21.5 Å². The van der Waals surface area contributed by atoms with Crippen molar-refractivity contribution in [1.29, 1.82) is 0 Å². The maximum Gasteiger partial charge on any atom is 0.267 e. The van der Waals surface area contributed by atoms with E-state index in [2.05, 4.69) is 17.2 Å². The highest BCUT2D eigenvalue weighted by Gasteiger charge is 2.27. The lowest BCUT2D eigenvalue weighted by Crippen LogP contribution is -2.25. The molecule has 4 nitrogen and oxygen atoms in total. The van der Waals surface area contributed by atoms with Gasteiger partial charge < -0.3 is 10.6 Å². The second-order valence-electron chi connectivity index (χ2n) is 7.11. The van der Waals surface area contributed by atoms with E-state index in [-0.39, 0.29) is 11.8 Å². The highest BCUT2D eigenvalue weighted by molar-refractivity contribution is 7.22. The third-order valence-electron chi connectivity index (χ3n) is 5.02. The molecule has 29 heavy (non-hydrogen) atoms. The molecule has 150 valence electrons. The molecule has 0 spiro atoms. The zero-order valence-electron chi connectivity index (χ0n) is 16.1. The van der Waals surface area contributed by atoms with Crippen LogP contribution in [0.15, 0.2) is 30.9 Å². The van der Waals surface area contributed by atoms with Crippen LogP contribution in [-0.2, 0) is 12.8 Å². The van der Waals surface area contributed by atoms with Gasteiger partial charge in [-0.3, -0.25) is 9.59 Å². The molecule has 0 radical (unpaired) electrons. The smallest absolute Gasteiger partial charge is 0.267 e. The number of aryl methyl sites for hydroxylation is 2. The Morgan fingerprint density at radius 2 is 2.00 bits per heavy atom. The number of carbonyl (C=O) groups is 2. The van der Waals surface area contributed by atoms with Crippen LogP contribution in [-0.4, -0.2) is 18.4 Å². The Bertz CT molecular complexity index is 1130. The fourth-order valence-electron chi connectivity index (χ4n) is 3.63. The van der Waals surface area contributed by atoms with Crippen LogP contribution in [0.2, 0.25) is 5.02 Å². The summed E-state index contributed by atoms with van der Waals surface area (Å²) in [4.78, 5) is 27.5. The first-order valence-electron chi connectivity index (χ1n) is 9.53. The third-order valence-corrected chi connectivity index (χ3v) is 7.89. The summed E-state index contributed by atoms with van der Waals surface area (Å²) in [6, 6.07) is 5.96. The van der Waals surface area contributed by atoms with E-state index in [1.807, 2.05) is 25.1 Å². The fraction of sp³-hybridized carbons (Fsp3) is 0.273. The Labute approximate surface area is 182 Å². The zero-order chi connectivity index (χ0) is 20.5. The van der Waals surface area contributed by atoms with Crippen LogP contribution in [0, 0.1) is 6.92 Å². The molecule has 4 rings (SSSR count). The van der Waals surface area contributed by atoms with Crippen molar-refractivity contribution in [2.24, 2.45) is 0 Å². The van der Waals surface area contributed by atoms with Crippen LogP contribution in [0.3, 0.4) is 0 Å². The number of rotatable bonds is 5. The lowest BCUT2D eigenvalue weighted by molar-refractivity contribution is 0.0958. The molecule has 3 aromatic rings. The summed E-state index contributed by atoms with van der Waals surface area (Å²) in [5.74, 6) is -0.442. The van der Waals surface area contributed by atoms with Gasteiger partial charge >= 0.3 is 0 Å². The average molecular weight is 445 g/mol. The van der Waals surface area contributed by atoms with E-state index in [9.17, 15) is 9.59 Å². The van der Waals surface area contributed by atoms with Crippen LogP contribution in [0.1, 0.15) is 48.9 Å². The van der Waals surface area contributed by atoms with Gasteiger partial charge in [-0.25, -0.2) is 0 Å². The lowest BCUT2D eigenvalue weighted by Gasteiger charge is -2.12. The molecule has 0 aliphatic heterocycles. The van der Waals surface area contributed by atoms with E-state index < -0.39 is 0 Å². The molecule has 0 fully saturated rings. The van der Waals surface area contributed by atoms with Crippen molar-refractivity contribution < 1.29 is 9.59 Å². The predicted molar refractivity (Wildman–Crippen MR) is 123 cm³/mol. The first-order valence-corrected chi connectivity index (χ1v) is 11.5. The van der Waals surface area contributed by atoms with Crippen LogP contribution >= 0.6 is 34.3 Å². The van der Waals surface area contributed by atoms with Gasteiger partial charge in [0.05, 0.1) is 10.6 Å². The quantitative estimate of drug-likeness (QED) is 0.476. The van der Waals surface area contributed by atoms with Gasteiger partial charge in [0.15, 0.2) is 0 Å². The molecule has 1 aromatic carbocycles. The molecule has 2 heterocycles. The van der Waals surface area contributed by atoms with Crippen LogP contribution in [0.4, 0.5) is 5.00 Å². The largest absolute Gasteiger partial charge is 0.348 e. The summed E-state index contributed by atoms with van der Waals surface area (Å²) in [7, 11) is 0. The minimum atomic E-state index is -0.273. The van der Waals surface area contributed by atoms with Gasteiger partial charge in [0.2, 0.25) is 0 Å². The van der Waals surface area contributed by atoms with Gasteiger partial charge in [-0.05, 0) is 49.8 Å². The van der Waals surface area contributed by atoms with E-state index in [1.54, 1.807) is 6.08 Å². The number of hydrogen-bond donors (Lipinski definition) is 2. The second-order valence-corrected chi connectivity index (χ2v) is 9.65. The summed E-state index contributed by atoms with van der Waals surface area (Å²) in [6.07, 6.45) is 5.62.